The molecule has 0 aromatic rings. The third-order valence-electron chi connectivity index (χ3n) is 3.17. The minimum absolute atomic E-state index is 0.559. The normalized spacial score (nSPS) is 22.8. The second-order valence-electron chi connectivity index (χ2n) is 4.78. The molecule has 1 aliphatic rings. The SMILES string of the molecule is CCCC1(C(C)(C)C)CC1. The van der Waals surface area contributed by atoms with Crippen LogP contribution in [0.1, 0.15) is 53.4 Å². The van der Waals surface area contributed by atoms with Gasteiger partial charge in [-0.3, -0.25) is 0 Å². The predicted octanol–water partition coefficient (Wildman–Crippen LogP) is 3.61. The van der Waals surface area contributed by atoms with Gasteiger partial charge >= 0.3 is 0 Å². The van der Waals surface area contributed by atoms with Gasteiger partial charge in [0.25, 0.3) is 0 Å². The second kappa shape index (κ2) is 2.25. The van der Waals surface area contributed by atoms with E-state index < -0.39 is 0 Å². The molecule has 0 aromatic carbocycles. The Bertz CT molecular complexity index is 112. The lowest BCUT2D eigenvalue weighted by Crippen LogP contribution is -2.21. The van der Waals surface area contributed by atoms with E-state index in [4.69, 9.17) is 0 Å². The van der Waals surface area contributed by atoms with Crippen LogP contribution in [0.2, 0.25) is 0 Å². The Balaban J connectivity index is 2.52. The lowest BCUT2D eigenvalue weighted by Gasteiger charge is -2.30. The van der Waals surface area contributed by atoms with Crippen molar-refractivity contribution in [3.8, 4) is 0 Å². The van der Waals surface area contributed by atoms with Crippen LogP contribution < -0.4 is 0 Å². The Morgan fingerprint density at radius 1 is 1.20 bits per heavy atom. The summed E-state index contributed by atoms with van der Waals surface area (Å²) in [6, 6.07) is 0. The molecule has 0 heterocycles. The van der Waals surface area contributed by atoms with E-state index in [-0.39, 0.29) is 0 Å². The molecule has 0 N–H and O–H groups in total. The fourth-order valence-corrected chi connectivity index (χ4v) is 2.00. The van der Waals surface area contributed by atoms with Gasteiger partial charge in [-0.2, -0.15) is 0 Å². The van der Waals surface area contributed by atoms with E-state index in [1.807, 2.05) is 0 Å². The lowest BCUT2D eigenvalue weighted by molar-refractivity contribution is 0.197. The monoisotopic (exact) mass is 140 g/mol. The van der Waals surface area contributed by atoms with Crippen molar-refractivity contribution in [1.82, 2.24) is 0 Å². The van der Waals surface area contributed by atoms with E-state index >= 15 is 0 Å². The summed E-state index contributed by atoms with van der Waals surface area (Å²) in [6.45, 7) is 9.45. The van der Waals surface area contributed by atoms with E-state index in [0.29, 0.717) is 5.41 Å². The van der Waals surface area contributed by atoms with Crippen LogP contribution in [-0.4, -0.2) is 0 Å². The van der Waals surface area contributed by atoms with Gasteiger partial charge in [0.15, 0.2) is 0 Å². The Morgan fingerprint density at radius 3 is 1.80 bits per heavy atom. The summed E-state index contributed by atoms with van der Waals surface area (Å²) in [5, 5.41) is 0. The zero-order valence-corrected chi connectivity index (χ0v) is 7.83. The van der Waals surface area contributed by atoms with Gasteiger partial charge < -0.3 is 0 Å². The first-order valence-electron chi connectivity index (χ1n) is 4.52. The molecule has 1 saturated carbocycles. The summed E-state index contributed by atoms with van der Waals surface area (Å²) >= 11 is 0. The zero-order valence-electron chi connectivity index (χ0n) is 7.83. The van der Waals surface area contributed by atoms with Gasteiger partial charge in [-0.25, -0.2) is 0 Å². The van der Waals surface area contributed by atoms with Crippen LogP contribution in [0.5, 0.6) is 0 Å². The molecule has 0 amide bonds. The average molecular weight is 140 g/mol. The van der Waals surface area contributed by atoms with Gasteiger partial charge in [0.05, 0.1) is 0 Å². The van der Waals surface area contributed by atoms with E-state index in [0.717, 1.165) is 5.41 Å². The van der Waals surface area contributed by atoms with Crippen LogP contribution in [0.25, 0.3) is 0 Å². The maximum atomic E-state index is 2.38. The van der Waals surface area contributed by atoms with E-state index in [2.05, 4.69) is 27.7 Å². The molecule has 0 spiro atoms. The number of hydrogen-bond acceptors (Lipinski definition) is 0. The summed E-state index contributed by atoms with van der Waals surface area (Å²) in [5.74, 6) is 0. The molecule has 0 aromatic heterocycles. The molecule has 1 aliphatic carbocycles. The molecule has 60 valence electrons. The molecule has 0 nitrogen and oxygen atoms in total. The molecule has 0 radical (unpaired) electrons. The highest BCUT2D eigenvalue weighted by atomic mass is 14.5. The van der Waals surface area contributed by atoms with Gasteiger partial charge in [-0.1, -0.05) is 34.1 Å². The molecule has 0 bridgehead atoms. The van der Waals surface area contributed by atoms with Gasteiger partial charge in [-0.05, 0) is 30.1 Å². The summed E-state index contributed by atoms with van der Waals surface area (Å²) in [4.78, 5) is 0. The van der Waals surface area contributed by atoms with E-state index in [1.165, 1.54) is 25.7 Å². The first-order chi connectivity index (χ1) is 4.52. The average Bonchev–Trinajstić information content (AvgIpc) is 2.45. The Kier molecular flexibility index (Phi) is 1.82. The fourth-order valence-electron chi connectivity index (χ4n) is 2.00. The Hall–Kier alpha value is 0. The highest BCUT2D eigenvalue weighted by molar-refractivity contribution is 5.00. The molecule has 0 unspecified atom stereocenters. The molecule has 0 saturated heterocycles. The van der Waals surface area contributed by atoms with Crippen molar-refractivity contribution in [3.05, 3.63) is 0 Å². The van der Waals surface area contributed by atoms with Crippen molar-refractivity contribution < 1.29 is 0 Å². The number of hydrogen-bond donors (Lipinski definition) is 0. The minimum atomic E-state index is 0.559. The maximum Gasteiger partial charge on any atom is -0.0249 e. The van der Waals surface area contributed by atoms with Crippen molar-refractivity contribution in [2.75, 3.05) is 0 Å². The number of rotatable bonds is 2. The van der Waals surface area contributed by atoms with Gasteiger partial charge in [0, 0.05) is 0 Å². The van der Waals surface area contributed by atoms with Crippen LogP contribution in [0.3, 0.4) is 0 Å². The molecule has 10 heavy (non-hydrogen) atoms. The Morgan fingerprint density at radius 2 is 1.70 bits per heavy atom. The van der Waals surface area contributed by atoms with Gasteiger partial charge in [0.2, 0.25) is 0 Å². The topological polar surface area (TPSA) is 0 Å². The quantitative estimate of drug-likeness (QED) is 0.549. The first-order valence-corrected chi connectivity index (χ1v) is 4.52. The van der Waals surface area contributed by atoms with Crippen molar-refractivity contribution in [3.63, 3.8) is 0 Å². The molecule has 1 rings (SSSR count). The smallest absolute Gasteiger partial charge is 0.0249 e. The Labute approximate surface area is 65.0 Å². The molecule has 1 fully saturated rings. The highest BCUT2D eigenvalue weighted by Crippen LogP contribution is 2.61. The van der Waals surface area contributed by atoms with Crippen LogP contribution in [0, 0.1) is 10.8 Å². The largest absolute Gasteiger partial charge is 0.0654 e. The molecule has 0 heteroatoms. The van der Waals surface area contributed by atoms with Crippen molar-refractivity contribution in [2.45, 2.75) is 53.4 Å². The van der Waals surface area contributed by atoms with Crippen molar-refractivity contribution in [2.24, 2.45) is 10.8 Å². The van der Waals surface area contributed by atoms with Gasteiger partial charge in [0.1, 0.15) is 0 Å². The van der Waals surface area contributed by atoms with Gasteiger partial charge in [-0.15, -0.1) is 0 Å². The van der Waals surface area contributed by atoms with Crippen molar-refractivity contribution in [1.29, 1.82) is 0 Å². The third-order valence-corrected chi connectivity index (χ3v) is 3.17. The fraction of sp³-hybridized carbons (Fsp3) is 1.00. The zero-order chi connectivity index (χ0) is 7.83. The highest BCUT2D eigenvalue weighted by Gasteiger charge is 2.50. The van der Waals surface area contributed by atoms with E-state index in [1.54, 1.807) is 0 Å². The summed E-state index contributed by atoms with van der Waals surface area (Å²) in [7, 11) is 0. The van der Waals surface area contributed by atoms with Crippen LogP contribution in [0.15, 0.2) is 0 Å². The summed E-state index contributed by atoms with van der Waals surface area (Å²) < 4.78 is 0. The van der Waals surface area contributed by atoms with Crippen molar-refractivity contribution >= 4 is 0 Å². The lowest BCUT2D eigenvalue weighted by atomic mass is 9.75. The molecular formula is C10H20. The predicted molar refractivity (Wildman–Crippen MR) is 46.0 cm³/mol. The minimum Gasteiger partial charge on any atom is -0.0654 e. The van der Waals surface area contributed by atoms with Crippen LogP contribution >= 0.6 is 0 Å². The summed E-state index contributed by atoms with van der Waals surface area (Å²) in [5.41, 5.74) is 1.30. The molecule has 0 aliphatic heterocycles. The standard InChI is InChI=1S/C10H20/c1-5-6-10(7-8-10)9(2,3)4/h5-8H2,1-4H3. The van der Waals surface area contributed by atoms with E-state index in [9.17, 15) is 0 Å². The molecule has 0 atom stereocenters. The summed E-state index contributed by atoms with van der Waals surface area (Å²) in [6.07, 6.45) is 5.75. The van der Waals surface area contributed by atoms with Crippen LogP contribution in [0.4, 0.5) is 0 Å². The van der Waals surface area contributed by atoms with Crippen LogP contribution in [-0.2, 0) is 0 Å². The maximum absolute atomic E-state index is 2.38. The third kappa shape index (κ3) is 1.21. The first kappa shape index (κ1) is 8.10. The second-order valence-corrected chi connectivity index (χ2v) is 4.78. The molecular weight excluding hydrogens is 120 g/mol.